The quantitative estimate of drug-likeness (QED) is 0.680. The SMILES string of the molecule is CC(C)OC(=O)NN(Sc1ccccn1)C(=O)OC(C)C. The zero-order chi connectivity index (χ0) is 15.8. The minimum Gasteiger partial charge on any atom is -0.446 e. The number of ether oxygens (including phenoxy) is 2. The summed E-state index contributed by atoms with van der Waals surface area (Å²) < 4.78 is 11.0. The van der Waals surface area contributed by atoms with Gasteiger partial charge in [-0.3, -0.25) is 0 Å². The molecule has 0 aromatic carbocycles. The van der Waals surface area contributed by atoms with Gasteiger partial charge in [0.15, 0.2) is 0 Å². The number of pyridine rings is 1. The van der Waals surface area contributed by atoms with Crippen LogP contribution in [-0.4, -0.2) is 33.8 Å². The fourth-order valence-corrected chi connectivity index (χ4v) is 1.85. The van der Waals surface area contributed by atoms with Gasteiger partial charge in [0.25, 0.3) is 0 Å². The summed E-state index contributed by atoms with van der Waals surface area (Å²) in [5, 5.41) is 0.531. The fourth-order valence-electron chi connectivity index (χ4n) is 1.17. The maximum atomic E-state index is 12.0. The highest BCUT2D eigenvalue weighted by molar-refractivity contribution is 7.97. The number of carbonyl (C=O) groups is 2. The molecular weight excluding hydrogens is 294 g/mol. The topological polar surface area (TPSA) is 80.8 Å². The Kier molecular flexibility index (Phi) is 6.80. The molecule has 0 bridgehead atoms. The van der Waals surface area contributed by atoms with Crippen LogP contribution in [0.2, 0.25) is 0 Å². The van der Waals surface area contributed by atoms with E-state index in [1.807, 2.05) is 0 Å². The lowest BCUT2D eigenvalue weighted by molar-refractivity contribution is 0.0743. The molecule has 0 saturated heterocycles. The Morgan fingerprint density at radius 1 is 1.19 bits per heavy atom. The zero-order valence-electron chi connectivity index (χ0n) is 12.4. The summed E-state index contributed by atoms with van der Waals surface area (Å²) in [5.74, 6) is 0. The van der Waals surface area contributed by atoms with Crippen LogP contribution in [-0.2, 0) is 9.47 Å². The van der Waals surface area contributed by atoms with Crippen molar-refractivity contribution in [2.24, 2.45) is 0 Å². The van der Waals surface area contributed by atoms with Crippen LogP contribution in [0.5, 0.6) is 0 Å². The van der Waals surface area contributed by atoms with Crippen LogP contribution < -0.4 is 5.43 Å². The molecule has 0 unspecified atom stereocenters. The summed E-state index contributed by atoms with van der Waals surface area (Å²) in [6.07, 6.45) is -0.476. The molecular formula is C13H19N3O4S. The van der Waals surface area contributed by atoms with Gasteiger partial charge in [-0.25, -0.2) is 20.0 Å². The van der Waals surface area contributed by atoms with Crippen molar-refractivity contribution in [3.05, 3.63) is 24.4 Å². The summed E-state index contributed by atoms with van der Waals surface area (Å²) in [6, 6.07) is 5.23. The first-order chi connectivity index (χ1) is 9.88. The summed E-state index contributed by atoms with van der Waals surface area (Å²) in [4.78, 5) is 27.7. The van der Waals surface area contributed by atoms with Gasteiger partial charge in [-0.15, -0.1) is 4.41 Å². The number of rotatable bonds is 4. The van der Waals surface area contributed by atoms with E-state index in [0.717, 1.165) is 16.4 Å². The summed E-state index contributed by atoms with van der Waals surface area (Å²) >= 11 is 0.930. The smallest absolute Gasteiger partial charge is 0.440 e. The highest BCUT2D eigenvalue weighted by Gasteiger charge is 2.22. The van der Waals surface area contributed by atoms with Crippen molar-refractivity contribution in [2.75, 3.05) is 0 Å². The molecule has 1 aromatic rings. The third-order valence-electron chi connectivity index (χ3n) is 1.86. The average molecular weight is 313 g/mol. The Bertz CT molecular complexity index is 468. The first-order valence-corrected chi connectivity index (χ1v) is 7.23. The molecule has 7 nitrogen and oxygen atoms in total. The molecule has 1 rings (SSSR count). The predicted molar refractivity (Wildman–Crippen MR) is 78.3 cm³/mol. The Morgan fingerprint density at radius 3 is 2.38 bits per heavy atom. The Labute approximate surface area is 128 Å². The van der Waals surface area contributed by atoms with Gasteiger partial charge >= 0.3 is 12.2 Å². The standard InChI is InChI=1S/C13H19N3O4S/c1-9(2)19-12(17)15-16(13(18)20-10(3)4)21-11-7-5-6-8-14-11/h5-10H,1-4H3,(H,15,17). The highest BCUT2D eigenvalue weighted by atomic mass is 32.2. The van der Waals surface area contributed by atoms with Gasteiger partial charge in [0.05, 0.1) is 12.2 Å². The van der Waals surface area contributed by atoms with Gasteiger partial charge in [-0.1, -0.05) is 6.07 Å². The lowest BCUT2D eigenvalue weighted by Crippen LogP contribution is -2.43. The molecule has 1 heterocycles. The summed E-state index contributed by atoms with van der Waals surface area (Å²) in [7, 11) is 0. The van der Waals surface area contributed by atoms with Gasteiger partial charge in [0.1, 0.15) is 5.03 Å². The van der Waals surface area contributed by atoms with E-state index in [1.54, 1.807) is 52.1 Å². The third kappa shape index (κ3) is 6.84. The Balaban J connectivity index is 2.74. The van der Waals surface area contributed by atoms with E-state index >= 15 is 0 Å². The second-order valence-electron chi connectivity index (χ2n) is 4.55. The first-order valence-electron chi connectivity index (χ1n) is 6.45. The highest BCUT2D eigenvalue weighted by Crippen LogP contribution is 2.19. The molecule has 1 N–H and O–H groups in total. The number of nitrogens with zero attached hydrogens (tertiary/aromatic N) is 2. The number of nitrogens with one attached hydrogen (secondary N) is 1. The molecule has 8 heteroatoms. The van der Waals surface area contributed by atoms with Crippen molar-refractivity contribution >= 4 is 24.1 Å². The van der Waals surface area contributed by atoms with Gasteiger partial charge < -0.3 is 9.47 Å². The predicted octanol–water partition coefficient (Wildman–Crippen LogP) is 2.99. The van der Waals surface area contributed by atoms with Crippen LogP contribution in [0.3, 0.4) is 0 Å². The van der Waals surface area contributed by atoms with Crippen molar-refractivity contribution in [3.8, 4) is 0 Å². The molecule has 0 spiro atoms. The molecule has 0 aliphatic heterocycles. The molecule has 0 fully saturated rings. The summed E-state index contributed by atoms with van der Waals surface area (Å²) in [5.41, 5.74) is 2.32. The molecule has 1 aromatic heterocycles. The number of amides is 2. The lowest BCUT2D eigenvalue weighted by Gasteiger charge is -2.22. The largest absolute Gasteiger partial charge is 0.446 e. The third-order valence-corrected chi connectivity index (χ3v) is 2.71. The molecule has 0 atom stereocenters. The van der Waals surface area contributed by atoms with Crippen LogP contribution in [0.25, 0.3) is 0 Å². The van der Waals surface area contributed by atoms with Gasteiger partial charge in [-0.2, -0.15) is 0 Å². The fraction of sp³-hybridized carbons (Fsp3) is 0.462. The maximum Gasteiger partial charge on any atom is 0.440 e. The minimum absolute atomic E-state index is 0.298. The zero-order valence-corrected chi connectivity index (χ0v) is 13.2. The number of hydrazine groups is 1. The van der Waals surface area contributed by atoms with Gasteiger partial charge in [0, 0.05) is 18.1 Å². The number of carbonyl (C=O) groups excluding carboxylic acids is 2. The molecule has 0 saturated carbocycles. The molecule has 0 aliphatic carbocycles. The van der Waals surface area contributed by atoms with Crippen molar-refractivity contribution in [2.45, 2.75) is 44.9 Å². The van der Waals surface area contributed by atoms with Gasteiger partial charge in [-0.05, 0) is 39.8 Å². The maximum absolute atomic E-state index is 12.0. The van der Waals surface area contributed by atoms with Crippen LogP contribution in [0, 0.1) is 0 Å². The number of hydrogen-bond donors (Lipinski definition) is 1. The van der Waals surface area contributed by atoms with E-state index in [4.69, 9.17) is 9.47 Å². The van der Waals surface area contributed by atoms with Gasteiger partial charge in [0.2, 0.25) is 0 Å². The summed E-state index contributed by atoms with van der Waals surface area (Å²) in [6.45, 7) is 6.85. The van der Waals surface area contributed by atoms with Crippen LogP contribution >= 0.6 is 11.9 Å². The van der Waals surface area contributed by atoms with Crippen LogP contribution in [0.4, 0.5) is 9.59 Å². The Morgan fingerprint density at radius 2 is 1.86 bits per heavy atom. The lowest BCUT2D eigenvalue weighted by atomic mass is 10.5. The van der Waals surface area contributed by atoms with E-state index in [-0.39, 0.29) is 12.2 Å². The second kappa shape index (κ2) is 8.35. The van der Waals surface area contributed by atoms with Crippen molar-refractivity contribution in [1.29, 1.82) is 0 Å². The van der Waals surface area contributed by atoms with E-state index in [2.05, 4.69) is 10.4 Å². The molecule has 116 valence electrons. The second-order valence-corrected chi connectivity index (χ2v) is 5.52. The first kappa shape index (κ1) is 17.1. The molecule has 2 amide bonds. The molecule has 0 aliphatic rings. The van der Waals surface area contributed by atoms with Crippen LogP contribution in [0.15, 0.2) is 29.4 Å². The molecule has 0 radical (unpaired) electrons. The van der Waals surface area contributed by atoms with Crippen molar-refractivity contribution in [1.82, 2.24) is 14.8 Å². The minimum atomic E-state index is -0.742. The van der Waals surface area contributed by atoms with E-state index < -0.39 is 12.2 Å². The monoisotopic (exact) mass is 313 g/mol. The average Bonchev–Trinajstić information content (AvgIpc) is 2.37. The van der Waals surface area contributed by atoms with Crippen LogP contribution in [0.1, 0.15) is 27.7 Å². The molecule has 21 heavy (non-hydrogen) atoms. The number of hydrogen-bond acceptors (Lipinski definition) is 6. The van der Waals surface area contributed by atoms with E-state index in [1.165, 1.54) is 0 Å². The van der Waals surface area contributed by atoms with E-state index in [9.17, 15) is 9.59 Å². The van der Waals surface area contributed by atoms with Crippen molar-refractivity contribution in [3.63, 3.8) is 0 Å². The number of aromatic nitrogens is 1. The Hall–Kier alpha value is -1.96. The normalized spacial score (nSPS) is 10.4. The van der Waals surface area contributed by atoms with Crippen molar-refractivity contribution < 1.29 is 19.1 Å². The van der Waals surface area contributed by atoms with E-state index in [0.29, 0.717) is 5.03 Å².